The maximum Gasteiger partial charge on any atom is 0.292 e. The Hall–Kier alpha value is -3.28. The molecule has 4 rings (SSSR count). The number of anilines is 1. The normalized spacial score (nSPS) is 14.5. The summed E-state index contributed by atoms with van der Waals surface area (Å²) in [6.07, 6.45) is 0. The summed E-state index contributed by atoms with van der Waals surface area (Å²) in [5.41, 5.74) is 3.67. The summed E-state index contributed by atoms with van der Waals surface area (Å²) in [6.45, 7) is 9.91. The van der Waals surface area contributed by atoms with Crippen LogP contribution < -0.4 is 9.64 Å². The minimum absolute atomic E-state index is 0.0690. The van der Waals surface area contributed by atoms with E-state index in [1.165, 1.54) is 11.3 Å². The summed E-state index contributed by atoms with van der Waals surface area (Å²) in [5.74, 6) is 0.391. The van der Waals surface area contributed by atoms with Gasteiger partial charge in [-0.3, -0.25) is 4.79 Å². The average Bonchev–Trinajstić information content (AvgIpc) is 3.26. The van der Waals surface area contributed by atoms with Crippen molar-refractivity contribution in [2.45, 2.75) is 32.8 Å². The van der Waals surface area contributed by atoms with E-state index in [1.54, 1.807) is 6.07 Å². The third-order valence-corrected chi connectivity index (χ3v) is 5.55. The number of ether oxygens (including phenoxy) is 1. The van der Waals surface area contributed by atoms with Crippen molar-refractivity contribution < 1.29 is 14.1 Å². The van der Waals surface area contributed by atoms with Crippen molar-refractivity contribution in [1.82, 2.24) is 10.1 Å². The van der Waals surface area contributed by atoms with E-state index in [2.05, 4.69) is 55.1 Å². The van der Waals surface area contributed by atoms with E-state index in [0.29, 0.717) is 25.6 Å². The molecule has 2 heterocycles. The first kappa shape index (κ1) is 21.0. The fourth-order valence-corrected chi connectivity index (χ4v) is 3.85. The van der Waals surface area contributed by atoms with Crippen molar-refractivity contribution >= 4 is 11.6 Å². The van der Waals surface area contributed by atoms with Crippen molar-refractivity contribution in [3.63, 3.8) is 0 Å². The van der Waals surface area contributed by atoms with Crippen molar-refractivity contribution in [2.75, 3.05) is 31.1 Å². The summed E-state index contributed by atoms with van der Waals surface area (Å²) in [7, 11) is 0. The Labute approximate surface area is 183 Å². The number of aromatic nitrogens is 1. The molecule has 162 valence electrons. The molecule has 0 bridgehead atoms. The van der Waals surface area contributed by atoms with Crippen LogP contribution in [0.15, 0.2) is 65.2 Å². The SMILES string of the molecule is CC(C)(C)c1ccccc1N1CCN(C(=O)c2cc(OCc3ccccc3)no2)CC1. The highest BCUT2D eigenvalue weighted by molar-refractivity contribution is 5.91. The number of hydrogen-bond acceptors (Lipinski definition) is 5. The van der Waals surface area contributed by atoms with E-state index < -0.39 is 0 Å². The Morgan fingerprint density at radius 1 is 1.00 bits per heavy atom. The predicted molar refractivity (Wildman–Crippen MR) is 121 cm³/mol. The molecular weight excluding hydrogens is 390 g/mol. The lowest BCUT2D eigenvalue weighted by atomic mass is 9.85. The van der Waals surface area contributed by atoms with Crippen molar-refractivity contribution in [1.29, 1.82) is 0 Å². The Balaban J connectivity index is 1.36. The Bertz CT molecular complexity index is 1020. The predicted octanol–water partition coefficient (Wildman–Crippen LogP) is 4.51. The second-order valence-corrected chi connectivity index (χ2v) is 8.85. The molecule has 0 radical (unpaired) electrons. The number of piperazine rings is 1. The van der Waals surface area contributed by atoms with Gasteiger partial charge in [-0.15, -0.1) is 0 Å². The molecule has 1 aliphatic rings. The quantitative estimate of drug-likeness (QED) is 0.609. The van der Waals surface area contributed by atoms with E-state index in [1.807, 2.05) is 35.2 Å². The van der Waals surface area contributed by atoms with Gasteiger partial charge >= 0.3 is 0 Å². The topological polar surface area (TPSA) is 58.8 Å². The van der Waals surface area contributed by atoms with E-state index >= 15 is 0 Å². The van der Waals surface area contributed by atoms with Gasteiger partial charge in [0.15, 0.2) is 0 Å². The molecule has 6 nitrogen and oxygen atoms in total. The molecule has 0 saturated carbocycles. The van der Waals surface area contributed by atoms with Crippen LogP contribution in [-0.2, 0) is 12.0 Å². The molecular formula is C25H29N3O3. The molecule has 0 aliphatic carbocycles. The zero-order valence-corrected chi connectivity index (χ0v) is 18.4. The molecule has 1 aliphatic heterocycles. The number of rotatable bonds is 5. The van der Waals surface area contributed by atoms with Gasteiger partial charge in [0.1, 0.15) is 6.61 Å². The van der Waals surface area contributed by atoms with Crippen LogP contribution in [0.5, 0.6) is 5.88 Å². The number of nitrogens with zero attached hydrogens (tertiary/aromatic N) is 3. The second-order valence-electron chi connectivity index (χ2n) is 8.85. The lowest BCUT2D eigenvalue weighted by Gasteiger charge is -2.38. The third kappa shape index (κ3) is 4.90. The van der Waals surface area contributed by atoms with Gasteiger partial charge in [0, 0.05) is 31.9 Å². The van der Waals surface area contributed by atoms with Crippen LogP contribution >= 0.6 is 0 Å². The van der Waals surface area contributed by atoms with E-state index in [4.69, 9.17) is 9.26 Å². The summed E-state index contributed by atoms with van der Waals surface area (Å²) < 4.78 is 10.9. The van der Waals surface area contributed by atoms with Crippen LogP contribution in [0.1, 0.15) is 42.5 Å². The highest BCUT2D eigenvalue weighted by Gasteiger charge is 2.28. The third-order valence-electron chi connectivity index (χ3n) is 5.55. The van der Waals surface area contributed by atoms with Crippen molar-refractivity contribution in [2.24, 2.45) is 0 Å². The standard InChI is InChI=1S/C25H29N3O3/c1-25(2,3)20-11-7-8-12-21(20)27-13-15-28(16-14-27)24(29)22-17-23(26-31-22)30-18-19-9-5-4-6-10-19/h4-12,17H,13-16,18H2,1-3H3. The van der Waals surface area contributed by atoms with Crippen molar-refractivity contribution in [3.8, 4) is 5.88 Å². The van der Waals surface area contributed by atoms with E-state index in [-0.39, 0.29) is 17.1 Å². The number of benzene rings is 2. The van der Waals surface area contributed by atoms with Crippen LogP contribution in [0.4, 0.5) is 5.69 Å². The molecule has 31 heavy (non-hydrogen) atoms. The molecule has 0 N–H and O–H groups in total. The fourth-order valence-electron chi connectivity index (χ4n) is 3.85. The van der Waals surface area contributed by atoms with Gasteiger partial charge in [-0.25, -0.2) is 0 Å². The molecule has 0 unspecified atom stereocenters. The van der Waals surface area contributed by atoms with E-state index in [0.717, 1.165) is 18.7 Å². The van der Waals surface area contributed by atoms with Gasteiger partial charge in [-0.1, -0.05) is 69.3 Å². The smallest absolute Gasteiger partial charge is 0.292 e. The lowest BCUT2D eigenvalue weighted by molar-refractivity contribution is 0.0704. The van der Waals surface area contributed by atoms with Gasteiger partial charge in [0.05, 0.1) is 6.07 Å². The zero-order chi connectivity index (χ0) is 21.8. The van der Waals surface area contributed by atoms with Crippen LogP contribution in [0, 0.1) is 0 Å². The van der Waals surface area contributed by atoms with Gasteiger partial charge in [-0.05, 0) is 27.8 Å². The number of amides is 1. The van der Waals surface area contributed by atoms with Crippen LogP contribution in [0.2, 0.25) is 0 Å². The molecule has 6 heteroatoms. The highest BCUT2D eigenvalue weighted by atomic mass is 16.5. The second kappa shape index (κ2) is 8.84. The maximum atomic E-state index is 12.9. The lowest BCUT2D eigenvalue weighted by Crippen LogP contribution is -2.49. The molecule has 0 atom stereocenters. The Morgan fingerprint density at radius 3 is 2.39 bits per heavy atom. The average molecular weight is 420 g/mol. The van der Waals surface area contributed by atoms with Crippen LogP contribution in [0.3, 0.4) is 0 Å². The largest absolute Gasteiger partial charge is 0.471 e. The summed E-state index contributed by atoms with van der Waals surface area (Å²) in [6, 6.07) is 19.9. The number of carbonyl (C=O) groups is 1. The highest BCUT2D eigenvalue weighted by Crippen LogP contribution is 2.32. The molecule has 0 spiro atoms. The molecule has 1 amide bonds. The molecule has 1 fully saturated rings. The fraction of sp³-hybridized carbons (Fsp3) is 0.360. The first-order valence-electron chi connectivity index (χ1n) is 10.7. The Morgan fingerprint density at radius 2 is 1.68 bits per heavy atom. The Kier molecular flexibility index (Phi) is 5.98. The minimum Gasteiger partial charge on any atom is -0.471 e. The first-order chi connectivity index (χ1) is 14.9. The van der Waals surface area contributed by atoms with E-state index in [9.17, 15) is 4.79 Å². The summed E-state index contributed by atoms with van der Waals surface area (Å²) >= 11 is 0. The molecule has 1 saturated heterocycles. The van der Waals surface area contributed by atoms with Crippen LogP contribution in [-0.4, -0.2) is 42.1 Å². The summed E-state index contributed by atoms with van der Waals surface area (Å²) in [5, 5.41) is 3.89. The summed E-state index contributed by atoms with van der Waals surface area (Å²) in [4.78, 5) is 17.1. The molecule has 2 aromatic carbocycles. The van der Waals surface area contributed by atoms with Gasteiger partial charge in [0.2, 0.25) is 5.76 Å². The van der Waals surface area contributed by atoms with Gasteiger partial charge < -0.3 is 19.1 Å². The first-order valence-corrected chi connectivity index (χ1v) is 10.7. The number of hydrogen-bond donors (Lipinski definition) is 0. The zero-order valence-electron chi connectivity index (χ0n) is 18.4. The number of para-hydroxylation sites is 1. The van der Waals surface area contributed by atoms with Crippen LogP contribution in [0.25, 0.3) is 0 Å². The van der Waals surface area contributed by atoms with Gasteiger partial charge in [-0.2, -0.15) is 0 Å². The minimum atomic E-state index is -0.147. The molecule has 1 aromatic heterocycles. The maximum absolute atomic E-state index is 12.9. The van der Waals surface area contributed by atoms with Crippen molar-refractivity contribution in [3.05, 3.63) is 77.6 Å². The monoisotopic (exact) mass is 419 g/mol. The van der Waals surface area contributed by atoms with Gasteiger partial charge in [0.25, 0.3) is 11.8 Å². The molecule has 3 aromatic rings. The number of carbonyl (C=O) groups excluding carboxylic acids is 1.